The molecule has 0 spiro atoms. The zero-order chi connectivity index (χ0) is 19.2. The van der Waals surface area contributed by atoms with Crippen LogP contribution in [0, 0.1) is 6.92 Å². The molecule has 1 aliphatic rings. The third-order valence-electron chi connectivity index (χ3n) is 4.91. The molecule has 0 saturated carbocycles. The zero-order valence-corrected chi connectivity index (χ0v) is 17.0. The molecule has 1 fully saturated rings. The quantitative estimate of drug-likeness (QED) is 0.596. The number of aromatic nitrogens is 1. The summed E-state index contributed by atoms with van der Waals surface area (Å²) < 4.78 is 5.13. The van der Waals surface area contributed by atoms with Crippen LogP contribution in [0.1, 0.15) is 17.0 Å². The number of nitrogens with one attached hydrogen (secondary N) is 3. The smallest absolute Gasteiger partial charge is 0.275 e. The molecular formula is C19H26Cl2N4O2+2. The molecule has 1 aromatic heterocycles. The second kappa shape index (κ2) is 9.55. The van der Waals surface area contributed by atoms with E-state index < -0.39 is 0 Å². The van der Waals surface area contributed by atoms with Crippen LogP contribution in [-0.2, 0) is 17.8 Å². The average Bonchev–Trinajstić information content (AvgIpc) is 3.03. The largest absolute Gasteiger partial charge is 0.361 e. The Bertz CT molecular complexity index is 773. The predicted octanol–water partition coefficient (Wildman–Crippen LogP) is -0.0679. The van der Waals surface area contributed by atoms with Crippen molar-refractivity contribution in [1.82, 2.24) is 10.5 Å². The molecule has 146 valence electrons. The fraction of sp³-hybridized carbons (Fsp3) is 0.474. The maximum Gasteiger partial charge on any atom is 0.275 e. The van der Waals surface area contributed by atoms with Crippen molar-refractivity contribution < 1.29 is 19.1 Å². The SMILES string of the molecule is Cc1cc(C[NH+]2CC[NH+](CC(=O)NCCc3ccc(Cl)cc3Cl)CC2)no1. The van der Waals surface area contributed by atoms with Gasteiger partial charge >= 0.3 is 0 Å². The van der Waals surface area contributed by atoms with Gasteiger partial charge in [0, 0.05) is 22.7 Å². The Balaban J connectivity index is 1.34. The van der Waals surface area contributed by atoms with Crippen LogP contribution in [0.25, 0.3) is 0 Å². The van der Waals surface area contributed by atoms with Crippen molar-refractivity contribution in [2.24, 2.45) is 0 Å². The van der Waals surface area contributed by atoms with Gasteiger partial charge in [-0.25, -0.2) is 0 Å². The molecule has 8 heteroatoms. The predicted molar refractivity (Wildman–Crippen MR) is 104 cm³/mol. The Morgan fingerprint density at radius 3 is 2.59 bits per heavy atom. The van der Waals surface area contributed by atoms with Crippen molar-refractivity contribution in [2.75, 3.05) is 39.3 Å². The van der Waals surface area contributed by atoms with E-state index in [4.69, 9.17) is 27.7 Å². The van der Waals surface area contributed by atoms with Gasteiger partial charge in [-0.2, -0.15) is 0 Å². The molecule has 0 atom stereocenters. The molecule has 27 heavy (non-hydrogen) atoms. The summed E-state index contributed by atoms with van der Waals surface area (Å²) in [5, 5.41) is 8.32. The molecule has 3 N–H and O–H groups in total. The van der Waals surface area contributed by atoms with Crippen LogP contribution >= 0.6 is 23.2 Å². The van der Waals surface area contributed by atoms with E-state index in [1.807, 2.05) is 25.1 Å². The van der Waals surface area contributed by atoms with Gasteiger partial charge in [-0.15, -0.1) is 0 Å². The monoisotopic (exact) mass is 412 g/mol. The van der Waals surface area contributed by atoms with E-state index in [0.29, 0.717) is 29.6 Å². The molecule has 2 heterocycles. The van der Waals surface area contributed by atoms with E-state index >= 15 is 0 Å². The molecular weight excluding hydrogens is 387 g/mol. The van der Waals surface area contributed by atoms with Gasteiger partial charge in [0.2, 0.25) is 0 Å². The Morgan fingerprint density at radius 1 is 1.19 bits per heavy atom. The number of carbonyl (C=O) groups is 1. The van der Waals surface area contributed by atoms with Crippen LogP contribution in [-0.4, -0.2) is 50.3 Å². The highest BCUT2D eigenvalue weighted by Gasteiger charge is 2.25. The van der Waals surface area contributed by atoms with Crippen molar-refractivity contribution in [3.8, 4) is 0 Å². The lowest BCUT2D eigenvalue weighted by Gasteiger charge is -2.28. The van der Waals surface area contributed by atoms with Crippen LogP contribution in [0.2, 0.25) is 10.0 Å². The lowest BCUT2D eigenvalue weighted by Crippen LogP contribution is -3.28. The fourth-order valence-corrected chi connectivity index (χ4v) is 3.92. The summed E-state index contributed by atoms with van der Waals surface area (Å²) in [6.45, 7) is 7.95. The second-order valence-electron chi connectivity index (χ2n) is 7.12. The molecule has 2 aromatic rings. The summed E-state index contributed by atoms with van der Waals surface area (Å²) in [5.74, 6) is 0.941. The van der Waals surface area contributed by atoms with Gasteiger partial charge in [-0.3, -0.25) is 4.79 Å². The van der Waals surface area contributed by atoms with Crippen molar-refractivity contribution in [2.45, 2.75) is 19.9 Å². The molecule has 0 aliphatic carbocycles. The van der Waals surface area contributed by atoms with E-state index in [2.05, 4.69) is 10.5 Å². The number of halogens is 2. The number of quaternary nitrogens is 2. The molecule has 0 unspecified atom stereocenters. The standard InChI is InChI=1S/C19H24Cl2N4O2/c1-14-10-17(23-27-14)12-24-6-8-25(9-7-24)13-19(26)22-5-4-15-2-3-16(20)11-18(15)21/h2-3,10-11H,4-9,12-13H2,1H3,(H,22,26)/p+2. The van der Waals surface area contributed by atoms with Crippen LogP contribution in [0.4, 0.5) is 0 Å². The van der Waals surface area contributed by atoms with Gasteiger partial charge in [0.1, 0.15) is 44.2 Å². The highest BCUT2D eigenvalue weighted by molar-refractivity contribution is 6.35. The normalized spacial score (nSPS) is 19.8. The molecule has 0 bridgehead atoms. The van der Waals surface area contributed by atoms with Gasteiger partial charge in [-0.1, -0.05) is 34.4 Å². The lowest BCUT2D eigenvalue weighted by molar-refractivity contribution is -1.02. The number of hydrogen-bond acceptors (Lipinski definition) is 3. The highest BCUT2D eigenvalue weighted by Crippen LogP contribution is 2.20. The number of rotatable bonds is 7. The number of hydrogen-bond donors (Lipinski definition) is 3. The van der Waals surface area contributed by atoms with Gasteiger partial charge < -0.3 is 19.6 Å². The average molecular weight is 413 g/mol. The Morgan fingerprint density at radius 2 is 1.93 bits per heavy atom. The maximum absolute atomic E-state index is 12.2. The van der Waals surface area contributed by atoms with Gasteiger partial charge in [-0.05, 0) is 31.0 Å². The number of amides is 1. The van der Waals surface area contributed by atoms with E-state index in [1.165, 1.54) is 9.80 Å². The van der Waals surface area contributed by atoms with Crippen molar-refractivity contribution in [1.29, 1.82) is 0 Å². The first kappa shape index (κ1) is 20.1. The molecule has 1 saturated heterocycles. The topological polar surface area (TPSA) is 64.0 Å². The number of piperazine rings is 1. The minimum Gasteiger partial charge on any atom is -0.361 e. The first-order chi connectivity index (χ1) is 13.0. The highest BCUT2D eigenvalue weighted by atomic mass is 35.5. The minimum absolute atomic E-state index is 0.0886. The molecule has 1 aromatic carbocycles. The molecule has 0 radical (unpaired) electrons. The summed E-state index contributed by atoms with van der Waals surface area (Å²) >= 11 is 12.1. The first-order valence-electron chi connectivity index (χ1n) is 9.29. The Hall–Kier alpha value is -1.60. The summed E-state index contributed by atoms with van der Waals surface area (Å²) in [5.41, 5.74) is 2.00. The molecule has 1 aliphatic heterocycles. The van der Waals surface area contributed by atoms with E-state index in [9.17, 15) is 4.79 Å². The fourth-order valence-electron chi connectivity index (χ4n) is 3.42. The van der Waals surface area contributed by atoms with Gasteiger partial charge in [0.15, 0.2) is 6.54 Å². The first-order valence-corrected chi connectivity index (χ1v) is 10.0. The van der Waals surface area contributed by atoms with Gasteiger partial charge in [0.05, 0.1) is 0 Å². The zero-order valence-electron chi connectivity index (χ0n) is 15.5. The van der Waals surface area contributed by atoms with Crippen LogP contribution in [0.3, 0.4) is 0 Å². The minimum atomic E-state index is 0.0886. The van der Waals surface area contributed by atoms with Crippen LogP contribution in [0.5, 0.6) is 0 Å². The van der Waals surface area contributed by atoms with E-state index in [0.717, 1.165) is 49.7 Å². The lowest BCUT2D eigenvalue weighted by atomic mass is 10.1. The summed E-state index contributed by atoms with van der Waals surface area (Å²) in [6.07, 6.45) is 0.701. The van der Waals surface area contributed by atoms with Crippen LogP contribution in [0.15, 0.2) is 28.8 Å². The third kappa shape index (κ3) is 6.21. The molecule has 3 rings (SSSR count). The van der Waals surface area contributed by atoms with Crippen molar-refractivity contribution in [3.63, 3.8) is 0 Å². The number of nitrogens with zero attached hydrogens (tertiary/aromatic N) is 1. The van der Waals surface area contributed by atoms with Crippen molar-refractivity contribution >= 4 is 29.1 Å². The number of benzene rings is 1. The third-order valence-corrected chi connectivity index (χ3v) is 5.50. The molecule has 1 amide bonds. The Kier molecular flexibility index (Phi) is 7.13. The second-order valence-corrected chi connectivity index (χ2v) is 7.96. The van der Waals surface area contributed by atoms with Gasteiger partial charge in [0.25, 0.3) is 5.91 Å². The summed E-state index contributed by atoms with van der Waals surface area (Å²) in [6, 6.07) is 7.44. The number of aryl methyl sites for hydroxylation is 1. The maximum atomic E-state index is 12.2. The van der Waals surface area contributed by atoms with E-state index in [-0.39, 0.29) is 5.91 Å². The summed E-state index contributed by atoms with van der Waals surface area (Å²) in [7, 11) is 0. The Labute approximate surface area is 169 Å². The van der Waals surface area contributed by atoms with E-state index in [1.54, 1.807) is 6.07 Å². The van der Waals surface area contributed by atoms with Crippen molar-refractivity contribution in [3.05, 3.63) is 51.3 Å². The molecule has 6 nitrogen and oxygen atoms in total. The number of carbonyl (C=O) groups excluding carboxylic acids is 1. The summed E-state index contributed by atoms with van der Waals surface area (Å²) in [4.78, 5) is 15.0. The van der Waals surface area contributed by atoms with Crippen LogP contribution < -0.4 is 15.1 Å².